The van der Waals surface area contributed by atoms with Gasteiger partial charge in [0.2, 0.25) is 0 Å². The molecular formula is C12H12BrN3O3. The monoisotopic (exact) mass is 325 g/mol. The summed E-state index contributed by atoms with van der Waals surface area (Å²) in [6.07, 6.45) is 0. The van der Waals surface area contributed by atoms with Crippen molar-refractivity contribution >= 4 is 21.9 Å². The van der Waals surface area contributed by atoms with Crippen LogP contribution in [-0.4, -0.2) is 27.8 Å². The molecule has 0 fully saturated rings. The van der Waals surface area contributed by atoms with Gasteiger partial charge in [0, 0.05) is 4.47 Å². The quantitative estimate of drug-likeness (QED) is 0.835. The molecule has 2 rings (SSSR count). The molecule has 0 aliphatic carbocycles. The lowest BCUT2D eigenvalue weighted by Gasteiger charge is -2.13. The summed E-state index contributed by atoms with van der Waals surface area (Å²) in [7, 11) is 0. The zero-order valence-electron chi connectivity index (χ0n) is 10.1. The molecule has 19 heavy (non-hydrogen) atoms. The lowest BCUT2D eigenvalue weighted by molar-refractivity contribution is -0.144. The topological polar surface area (TPSA) is 87.8 Å². The molecule has 100 valence electrons. The van der Waals surface area contributed by atoms with E-state index in [4.69, 9.17) is 4.74 Å². The van der Waals surface area contributed by atoms with Crippen LogP contribution < -0.4 is 5.69 Å². The van der Waals surface area contributed by atoms with E-state index in [2.05, 4.69) is 31.1 Å². The summed E-state index contributed by atoms with van der Waals surface area (Å²) < 4.78 is 5.86. The van der Waals surface area contributed by atoms with E-state index in [1.807, 2.05) is 6.07 Å². The first-order chi connectivity index (χ1) is 9.11. The maximum atomic E-state index is 12.1. The summed E-state index contributed by atoms with van der Waals surface area (Å²) in [6.45, 7) is 1.99. The van der Waals surface area contributed by atoms with E-state index in [0.717, 1.165) is 4.47 Å². The summed E-state index contributed by atoms with van der Waals surface area (Å²) >= 11 is 3.34. The molecule has 0 spiro atoms. The van der Waals surface area contributed by atoms with E-state index < -0.39 is 17.6 Å². The van der Waals surface area contributed by atoms with Crippen LogP contribution in [0.4, 0.5) is 0 Å². The van der Waals surface area contributed by atoms with Crippen molar-refractivity contribution in [2.24, 2.45) is 0 Å². The molecule has 0 saturated heterocycles. The number of aromatic nitrogens is 3. The van der Waals surface area contributed by atoms with Crippen molar-refractivity contribution in [3.63, 3.8) is 0 Å². The van der Waals surface area contributed by atoms with Gasteiger partial charge in [0.1, 0.15) is 11.7 Å². The Morgan fingerprint density at radius 1 is 1.53 bits per heavy atom. The molecule has 1 aromatic heterocycles. The molecule has 0 saturated carbocycles. The number of esters is 1. The third-order valence-corrected chi connectivity index (χ3v) is 2.99. The van der Waals surface area contributed by atoms with Crippen LogP contribution in [0.1, 0.15) is 24.2 Å². The third kappa shape index (κ3) is 3.11. The van der Waals surface area contributed by atoms with Crippen molar-refractivity contribution in [1.82, 2.24) is 15.2 Å². The van der Waals surface area contributed by atoms with Crippen LogP contribution >= 0.6 is 15.9 Å². The Morgan fingerprint density at radius 2 is 2.32 bits per heavy atom. The molecule has 1 heterocycles. The number of carbonyl (C=O) groups excluding carboxylic acids is 1. The highest BCUT2D eigenvalue weighted by atomic mass is 79.9. The Labute approximate surface area is 117 Å². The van der Waals surface area contributed by atoms with Gasteiger partial charge in [0.05, 0.1) is 6.61 Å². The second kappa shape index (κ2) is 5.83. The summed E-state index contributed by atoms with van der Waals surface area (Å²) in [5, 5.41) is 6.07. The van der Waals surface area contributed by atoms with Crippen molar-refractivity contribution < 1.29 is 9.53 Å². The number of nitrogens with one attached hydrogen (secondary N) is 2. The molecule has 1 aromatic carbocycles. The fourth-order valence-electron chi connectivity index (χ4n) is 1.74. The second-order valence-electron chi connectivity index (χ2n) is 3.80. The van der Waals surface area contributed by atoms with E-state index >= 15 is 0 Å². The van der Waals surface area contributed by atoms with E-state index in [1.54, 1.807) is 25.1 Å². The molecule has 6 nitrogen and oxygen atoms in total. The number of ether oxygens (including phenoxy) is 1. The van der Waals surface area contributed by atoms with Crippen LogP contribution in [0.3, 0.4) is 0 Å². The Morgan fingerprint density at radius 3 is 2.89 bits per heavy atom. The van der Waals surface area contributed by atoms with Gasteiger partial charge in [-0.2, -0.15) is 5.10 Å². The average molecular weight is 326 g/mol. The SMILES string of the molecule is CCOC(=O)C(c1cccc(Br)c1)c1n[nH]c(=O)[nH]1. The van der Waals surface area contributed by atoms with Gasteiger partial charge in [-0.1, -0.05) is 28.1 Å². The van der Waals surface area contributed by atoms with E-state index in [1.165, 1.54) is 0 Å². The van der Waals surface area contributed by atoms with Gasteiger partial charge in [-0.15, -0.1) is 0 Å². The molecular weight excluding hydrogens is 314 g/mol. The lowest BCUT2D eigenvalue weighted by Crippen LogP contribution is -2.19. The highest BCUT2D eigenvalue weighted by Crippen LogP contribution is 2.25. The van der Waals surface area contributed by atoms with Crippen LogP contribution in [0, 0.1) is 0 Å². The number of benzene rings is 1. The molecule has 2 N–H and O–H groups in total. The van der Waals surface area contributed by atoms with Gasteiger partial charge in [0.25, 0.3) is 0 Å². The number of carbonyl (C=O) groups is 1. The normalized spacial score (nSPS) is 12.1. The average Bonchev–Trinajstić information content (AvgIpc) is 2.76. The molecule has 1 unspecified atom stereocenters. The standard InChI is InChI=1S/C12H12BrN3O3/c1-2-19-11(17)9(10-14-12(18)16-15-10)7-4-3-5-8(13)6-7/h3-6,9H,2H2,1H3,(H2,14,15,16,18). The summed E-state index contributed by atoms with van der Waals surface area (Å²) in [5.41, 5.74) is 0.231. The number of hydrogen-bond acceptors (Lipinski definition) is 4. The maximum absolute atomic E-state index is 12.1. The van der Waals surface area contributed by atoms with E-state index in [-0.39, 0.29) is 12.4 Å². The minimum absolute atomic E-state index is 0.238. The second-order valence-corrected chi connectivity index (χ2v) is 4.72. The van der Waals surface area contributed by atoms with Gasteiger partial charge < -0.3 is 4.74 Å². The van der Waals surface area contributed by atoms with E-state index in [9.17, 15) is 9.59 Å². The van der Waals surface area contributed by atoms with E-state index in [0.29, 0.717) is 5.56 Å². The lowest BCUT2D eigenvalue weighted by atomic mass is 9.99. The molecule has 0 radical (unpaired) electrons. The fraction of sp³-hybridized carbons (Fsp3) is 0.250. The number of halogens is 1. The number of hydrogen-bond donors (Lipinski definition) is 2. The summed E-state index contributed by atoms with van der Waals surface area (Å²) in [5.74, 6) is -0.971. The molecule has 0 aliphatic heterocycles. The first-order valence-electron chi connectivity index (χ1n) is 5.68. The van der Waals surface area contributed by atoms with Crippen molar-refractivity contribution in [2.45, 2.75) is 12.8 Å². The minimum atomic E-state index is -0.753. The maximum Gasteiger partial charge on any atom is 0.340 e. The zero-order chi connectivity index (χ0) is 13.8. The Kier molecular flexibility index (Phi) is 4.16. The Bertz CT molecular complexity index is 635. The number of aromatic amines is 2. The molecule has 1 atom stereocenters. The number of rotatable bonds is 4. The molecule has 2 aromatic rings. The number of nitrogens with zero attached hydrogens (tertiary/aromatic N) is 1. The van der Waals surface area contributed by atoms with Crippen molar-refractivity contribution in [3.8, 4) is 0 Å². The van der Waals surface area contributed by atoms with Gasteiger partial charge in [0.15, 0.2) is 0 Å². The van der Waals surface area contributed by atoms with Gasteiger partial charge in [-0.05, 0) is 24.6 Å². The van der Waals surface area contributed by atoms with Crippen molar-refractivity contribution in [1.29, 1.82) is 0 Å². The molecule has 0 amide bonds. The molecule has 0 aliphatic rings. The van der Waals surface area contributed by atoms with Crippen molar-refractivity contribution in [3.05, 3.63) is 50.6 Å². The van der Waals surface area contributed by atoms with Crippen LogP contribution in [0.5, 0.6) is 0 Å². The highest BCUT2D eigenvalue weighted by Gasteiger charge is 2.27. The van der Waals surface area contributed by atoms with Crippen LogP contribution in [0.25, 0.3) is 0 Å². The third-order valence-electron chi connectivity index (χ3n) is 2.50. The van der Waals surface area contributed by atoms with Gasteiger partial charge in [-0.25, -0.2) is 9.89 Å². The largest absolute Gasteiger partial charge is 0.465 e. The predicted octanol–water partition coefficient (Wildman–Crippen LogP) is 1.56. The van der Waals surface area contributed by atoms with Crippen LogP contribution in [-0.2, 0) is 9.53 Å². The van der Waals surface area contributed by atoms with Gasteiger partial charge in [-0.3, -0.25) is 9.78 Å². The number of H-pyrrole nitrogens is 2. The van der Waals surface area contributed by atoms with Crippen molar-refractivity contribution in [2.75, 3.05) is 6.61 Å². The smallest absolute Gasteiger partial charge is 0.340 e. The molecule has 0 bridgehead atoms. The predicted molar refractivity (Wildman–Crippen MR) is 71.8 cm³/mol. The fourth-order valence-corrected chi connectivity index (χ4v) is 2.15. The Balaban J connectivity index is 2.45. The summed E-state index contributed by atoms with van der Waals surface area (Å²) in [4.78, 5) is 25.7. The minimum Gasteiger partial charge on any atom is -0.465 e. The first kappa shape index (κ1) is 13.5. The summed E-state index contributed by atoms with van der Waals surface area (Å²) in [6, 6.07) is 7.21. The first-order valence-corrected chi connectivity index (χ1v) is 6.47. The zero-order valence-corrected chi connectivity index (χ0v) is 11.7. The van der Waals surface area contributed by atoms with Crippen LogP contribution in [0.15, 0.2) is 33.5 Å². The van der Waals surface area contributed by atoms with Gasteiger partial charge >= 0.3 is 11.7 Å². The van der Waals surface area contributed by atoms with Crippen LogP contribution in [0.2, 0.25) is 0 Å². The Hall–Kier alpha value is -1.89. The highest BCUT2D eigenvalue weighted by molar-refractivity contribution is 9.10. The molecule has 7 heteroatoms.